The summed E-state index contributed by atoms with van der Waals surface area (Å²) >= 11 is 1.33. The van der Waals surface area contributed by atoms with Crippen molar-refractivity contribution in [3.05, 3.63) is 23.6 Å². The second-order valence-electron chi connectivity index (χ2n) is 5.36. The number of anilines is 2. The Bertz CT molecular complexity index is 789. The number of carbonyl (C=O) groups excluding carboxylic acids is 2. The van der Waals surface area contributed by atoms with Crippen LogP contribution >= 0.6 is 11.3 Å². The van der Waals surface area contributed by atoms with Gasteiger partial charge in [-0.05, 0) is 25.1 Å². The molecule has 3 rings (SSSR count). The highest BCUT2D eigenvalue weighted by atomic mass is 32.1. The zero-order chi connectivity index (χ0) is 17.3. The zero-order valence-corrected chi connectivity index (χ0v) is 14.3. The first-order valence-corrected chi connectivity index (χ1v) is 8.20. The van der Waals surface area contributed by atoms with Gasteiger partial charge in [-0.25, -0.2) is 4.98 Å². The van der Waals surface area contributed by atoms with Crippen molar-refractivity contribution in [1.29, 1.82) is 0 Å². The van der Waals surface area contributed by atoms with Crippen LogP contribution in [0.4, 0.5) is 10.8 Å². The molecule has 0 radical (unpaired) electrons. The van der Waals surface area contributed by atoms with E-state index < -0.39 is 6.10 Å². The molecule has 2 heterocycles. The minimum atomic E-state index is -0.491. The summed E-state index contributed by atoms with van der Waals surface area (Å²) in [6.45, 7) is 1.71. The Hall–Kier alpha value is -2.45. The van der Waals surface area contributed by atoms with Gasteiger partial charge in [0.2, 0.25) is 0 Å². The van der Waals surface area contributed by atoms with Gasteiger partial charge >= 0.3 is 0 Å². The van der Waals surface area contributed by atoms with E-state index in [-0.39, 0.29) is 18.4 Å². The van der Waals surface area contributed by atoms with Crippen LogP contribution < -0.4 is 15.0 Å². The molecular formula is C16H17N3O4S. The maximum absolute atomic E-state index is 12.1. The van der Waals surface area contributed by atoms with Gasteiger partial charge in [-0.3, -0.25) is 14.9 Å². The van der Waals surface area contributed by atoms with Gasteiger partial charge in [0.1, 0.15) is 12.4 Å². The van der Waals surface area contributed by atoms with E-state index >= 15 is 0 Å². The van der Waals surface area contributed by atoms with Crippen molar-refractivity contribution in [2.24, 2.45) is 0 Å². The molecule has 1 atom stereocenters. The van der Waals surface area contributed by atoms with Gasteiger partial charge in [0.05, 0.1) is 11.4 Å². The lowest BCUT2D eigenvalue weighted by Crippen LogP contribution is -2.41. The summed E-state index contributed by atoms with van der Waals surface area (Å²) < 4.78 is 10.4. The molecule has 2 aromatic rings. The third kappa shape index (κ3) is 3.10. The minimum Gasteiger partial charge on any atom is -0.479 e. The van der Waals surface area contributed by atoms with E-state index in [4.69, 9.17) is 9.47 Å². The summed E-state index contributed by atoms with van der Waals surface area (Å²) in [4.78, 5) is 29.6. The summed E-state index contributed by atoms with van der Waals surface area (Å²) in [5, 5.41) is 5.02. The number of methoxy groups -OCH3 is 1. The van der Waals surface area contributed by atoms with Gasteiger partial charge < -0.3 is 14.4 Å². The van der Waals surface area contributed by atoms with E-state index in [0.29, 0.717) is 16.6 Å². The van der Waals surface area contributed by atoms with Gasteiger partial charge in [0.25, 0.3) is 11.8 Å². The fourth-order valence-electron chi connectivity index (χ4n) is 2.42. The van der Waals surface area contributed by atoms with Crippen LogP contribution in [0.15, 0.2) is 23.6 Å². The molecule has 126 valence electrons. The maximum atomic E-state index is 12.1. The first-order valence-electron chi connectivity index (χ1n) is 7.32. The van der Waals surface area contributed by atoms with Gasteiger partial charge in [-0.15, -0.1) is 11.3 Å². The fraction of sp³-hybridized carbons (Fsp3) is 0.312. The molecule has 0 saturated heterocycles. The molecule has 1 unspecified atom stereocenters. The second-order valence-corrected chi connectivity index (χ2v) is 6.22. The standard InChI is InChI=1S/C16H17N3O4S/c1-9-15(21)19(2)12-6-10(4-5-13(12)23-9)11-8-24-16(17-11)18-14(20)7-22-3/h4-6,8-9H,7H2,1-3H3,(H,17,18,20). The average Bonchev–Trinajstić information content (AvgIpc) is 3.01. The fourth-order valence-corrected chi connectivity index (χ4v) is 3.16. The zero-order valence-electron chi connectivity index (χ0n) is 13.5. The monoisotopic (exact) mass is 347 g/mol. The smallest absolute Gasteiger partial charge is 0.267 e. The van der Waals surface area contributed by atoms with Crippen molar-refractivity contribution < 1.29 is 19.1 Å². The average molecular weight is 347 g/mol. The Morgan fingerprint density at radius 1 is 1.50 bits per heavy atom. The van der Waals surface area contributed by atoms with Crippen LogP contribution in [0, 0.1) is 0 Å². The van der Waals surface area contributed by atoms with E-state index in [1.165, 1.54) is 18.4 Å². The van der Waals surface area contributed by atoms with Crippen LogP contribution in [-0.2, 0) is 14.3 Å². The van der Waals surface area contributed by atoms with Crippen molar-refractivity contribution in [2.75, 3.05) is 31.0 Å². The molecule has 1 aromatic heterocycles. The Morgan fingerprint density at radius 3 is 3.04 bits per heavy atom. The van der Waals surface area contributed by atoms with Crippen molar-refractivity contribution >= 4 is 34.0 Å². The summed E-state index contributed by atoms with van der Waals surface area (Å²) in [6.07, 6.45) is -0.491. The number of amides is 2. The highest BCUT2D eigenvalue weighted by molar-refractivity contribution is 7.14. The quantitative estimate of drug-likeness (QED) is 0.916. The molecule has 1 aromatic carbocycles. The highest BCUT2D eigenvalue weighted by Gasteiger charge is 2.29. The largest absolute Gasteiger partial charge is 0.479 e. The van der Waals surface area contributed by atoms with Crippen LogP contribution in [0.5, 0.6) is 5.75 Å². The van der Waals surface area contributed by atoms with Gasteiger partial charge in [0, 0.05) is 25.1 Å². The van der Waals surface area contributed by atoms with Gasteiger partial charge in [-0.2, -0.15) is 0 Å². The minimum absolute atomic E-state index is 0.0177. The molecule has 0 spiro atoms. The van der Waals surface area contributed by atoms with Crippen molar-refractivity contribution in [3.8, 4) is 17.0 Å². The summed E-state index contributed by atoms with van der Waals surface area (Å²) in [5.41, 5.74) is 2.26. The van der Waals surface area contributed by atoms with E-state index in [2.05, 4.69) is 10.3 Å². The van der Waals surface area contributed by atoms with Gasteiger partial charge in [0.15, 0.2) is 11.2 Å². The van der Waals surface area contributed by atoms with Crippen LogP contribution in [0.3, 0.4) is 0 Å². The number of hydrogen-bond acceptors (Lipinski definition) is 6. The van der Waals surface area contributed by atoms with Crippen molar-refractivity contribution in [2.45, 2.75) is 13.0 Å². The first kappa shape index (κ1) is 16.4. The molecule has 1 aliphatic rings. The summed E-state index contributed by atoms with van der Waals surface area (Å²) in [5.74, 6) is 0.319. The maximum Gasteiger partial charge on any atom is 0.267 e. The molecule has 7 nitrogen and oxygen atoms in total. The lowest BCUT2D eigenvalue weighted by molar-refractivity contribution is -0.125. The van der Waals surface area contributed by atoms with E-state index in [0.717, 1.165) is 11.3 Å². The van der Waals surface area contributed by atoms with E-state index in [1.807, 2.05) is 23.6 Å². The molecular weight excluding hydrogens is 330 g/mol. The van der Waals surface area contributed by atoms with Crippen LogP contribution in [0.2, 0.25) is 0 Å². The number of hydrogen-bond donors (Lipinski definition) is 1. The Morgan fingerprint density at radius 2 is 2.29 bits per heavy atom. The molecule has 1 N–H and O–H groups in total. The third-order valence-corrected chi connectivity index (χ3v) is 4.38. The number of rotatable bonds is 4. The number of nitrogens with zero attached hydrogens (tertiary/aromatic N) is 2. The number of benzene rings is 1. The molecule has 1 aliphatic heterocycles. The normalized spacial score (nSPS) is 16.5. The molecule has 8 heteroatoms. The number of carbonyl (C=O) groups is 2. The first-order chi connectivity index (χ1) is 11.5. The number of thiazole rings is 1. The molecule has 0 fully saturated rings. The number of aromatic nitrogens is 1. The Kier molecular flexibility index (Phi) is 4.50. The van der Waals surface area contributed by atoms with Crippen LogP contribution in [0.25, 0.3) is 11.3 Å². The van der Waals surface area contributed by atoms with E-state index in [1.54, 1.807) is 18.9 Å². The SMILES string of the molecule is COCC(=O)Nc1nc(-c2ccc3c(c2)N(C)C(=O)C(C)O3)cs1. The molecule has 24 heavy (non-hydrogen) atoms. The predicted molar refractivity (Wildman–Crippen MR) is 91.6 cm³/mol. The van der Waals surface area contributed by atoms with Crippen molar-refractivity contribution in [1.82, 2.24) is 4.98 Å². The lowest BCUT2D eigenvalue weighted by atomic mass is 10.1. The van der Waals surface area contributed by atoms with Crippen LogP contribution in [0.1, 0.15) is 6.92 Å². The number of likely N-dealkylation sites (N-methyl/N-ethyl adjacent to an activating group) is 1. The molecule has 0 aliphatic carbocycles. The topological polar surface area (TPSA) is 80.8 Å². The Balaban J connectivity index is 1.85. The molecule has 0 bridgehead atoms. The molecule has 0 saturated carbocycles. The summed E-state index contributed by atoms with van der Waals surface area (Å²) in [7, 11) is 3.18. The molecule has 2 amide bonds. The van der Waals surface area contributed by atoms with E-state index in [9.17, 15) is 9.59 Å². The second kappa shape index (κ2) is 6.58. The lowest BCUT2D eigenvalue weighted by Gasteiger charge is -2.30. The summed E-state index contributed by atoms with van der Waals surface area (Å²) in [6, 6.07) is 5.56. The van der Waals surface area contributed by atoms with Crippen molar-refractivity contribution in [3.63, 3.8) is 0 Å². The third-order valence-electron chi connectivity index (χ3n) is 3.62. The predicted octanol–water partition coefficient (Wildman–Crippen LogP) is 2.14. The number of ether oxygens (including phenoxy) is 2. The Labute approximate surface area is 143 Å². The van der Waals surface area contributed by atoms with Crippen LogP contribution in [-0.4, -0.2) is 43.7 Å². The number of nitrogens with one attached hydrogen (secondary N) is 1. The highest BCUT2D eigenvalue weighted by Crippen LogP contribution is 2.37. The van der Waals surface area contributed by atoms with Gasteiger partial charge in [-0.1, -0.05) is 0 Å². The number of fused-ring (bicyclic) bond motifs is 1.